The quantitative estimate of drug-likeness (QED) is 0.122. The highest BCUT2D eigenvalue weighted by atomic mass is 16.6. The van der Waals surface area contributed by atoms with Crippen LogP contribution in [0.2, 0.25) is 0 Å². The molecule has 1 fully saturated rings. The van der Waals surface area contributed by atoms with E-state index in [2.05, 4.69) is 26.2 Å². The van der Waals surface area contributed by atoms with Crippen molar-refractivity contribution in [2.45, 2.75) is 77.4 Å². The highest BCUT2D eigenvalue weighted by Gasteiger charge is 2.36. The van der Waals surface area contributed by atoms with Gasteiger partial charge in [-0.2, -0.15) is 0 Å². The molecule has 0 aliphatic carbocycles. The Morgan fingerprint density at radius 1 is 0.636 bits per heavy atom. The van der Waals surface area contributed by atoms with Gasteiger partial charge in [-0.05, 0) is 41.4 Å². The molecule has 0 radical (unpaired) electrons. The van der Waals surface area contributed by atoms with Gasteiger partial charge in [-0.1, -0.05) is 119 Å². The third kappa shape index (κ3) is 14.6. The molecule has 298 valence electrons. The first-order chi connectivity index (χ1) is 26.5. The number of hydrogen-bond acceptors (Lipinski definition) is 9. The maximum absolute atomic E-state index is 14.0. The Hall–Kier alpha value is -4.98. The lowest BCUT2D eigenvalue weighted by molar-refractivity contribution is -0.126. The number of carbonyl (C=O) groups is 4. The summed E-state index contributed by atoms with van der Waals surface area (Å²) in [6, 6.07) is 24.2. The number of carbonyl (C=O) groups excluding carboxylic acids is 4. The molecule has 4 rings (SSSR count). The van der Waals surface area contributed by atoms with Crippen LogP contribution in [0.4, 0.5) is 9.59 Å². The van der Waals surface area contributed by atoms with Crippen LogP contribution in [0.15, 0.2) is 91.0 Å². The second kappa shape index (κ2) is 22.4. The van der Waals surface area contributed by atoms with Gasteiger partial charge in [0.1, 0.15) is 25.3 Å². The number of benzene rings is 3. The van der Waals surface area contributed by atoms with Crippen molar-refractivity contribution in [1.29, 1.82) is 0 Å². The van der Waals surface area contributed by atoms with E-state index in [9.17, 15) is 24.3 Å². The van der Waals surface area contributed by atoms with Crippen molar-refractivity contribution >= 4 is 24.0 Å². The van der Waals surface area contributed by atoms with Crippen molar-refractivity contribution < 1.29 is 38.5 Å². The van der Waals surface area contributed by atoms with E-state index in [1.165, 1.54) is 0 Å². The van der Waals surface area contributed by atoms with Gasteiger partial charge in [-0.3, -0.25) is 14.5 Å². The smallest absolute Gasteiger partial charge is 0.408 e. The Morgan fingerprint density at radius 2 is 1.05 bits per heavy atom. The molecule has 3 aromatic carbocycles. The molecule has 1 heterocycles. The summed E-state index contributed by atoms with van der Waals surface area (Å²) in [7, 11) is 0. The average molecular weight is 760 g/mol. The molecule has 0 unspecified atom stereocenters. The number of nitrogens with one attached hydrogen (secondary N) is 4. The molecule has 0 spiro atoms. The van der Waals surface area contributed by atoms with E-state index in [1.54, 1.807) is 13.8 Å². The van der Waals surface area contributed by atoms with Crippen LogP contribution in [0.3, 0.4) is 0 Å². The third-order valence-electron chi connectivity index (χ3n) is 9.48. The molecule has 0 bridgehead atoms. The molecule has 55 heavy (non-hydrogen) atoms. The van der Waals surface area contributed by atoms with E-state index >= 15 is 0 Å². The standard InChI is InChI=1S/C42H57N5O8/c1-29(2)36(45-41(51)54-25-22-47-20-23-53-24-21-47)39(49)43-34(26-31-14-8-5-9-15-31)38(48)35(27-32-16-10-6-11-17-32)44-40(50)37(30(3)4)46-42(52)55-28-33-18-12-7-13-19-33/h5-19,29-30,34-38,48H,20-28H2,1-4H3,(H,43,49)(H,44,50)(H,45,51)(H,46,52)/t34-,35-,36-,37-,38+/m0/s1. The van der Waals surface area contributed by atoms with Crippen LogP contribution in [0, 0.1) is 11.8 Å². The monoisotopic (exact) mass is 759 g/mol. The molecular weight excluding hydrogens is 702 g/mol. The Bertz CT molecular complexity index is 1610. The number of hydrogen-bond donors (Lipinski definition) is 5. The van der Waals surface area contributed by atoms with E-state index in [1.807, 2.05) is 105 Å². The number of morpholine rings is 1. The van der Waals surface area contributed by atoms with Gasteiger partial charge in [-0.25, -0.2) is 9.59 Å². The summed E-state index contributed by atoms with van der Waals surface area (Å²) >= 11 is 0. The van der Waals surface area contributed by atoms with Crippen molar-refractivity contribution in [3.05, 3.63) is 108 Å². The predicted molar refractivity (Wildman–Crippen MR) is 209 cm³/mol. The van der Waals surface area contributed by atoms with E-state index in [-0.39, 0.29) is 37.9 Å². The van der Waals surface area contributed by atoms with Crippen molar-refractivity contribution in [1.82, 2.24) is 26.2 Å². The van der Waals surface area contributed by atoms with Gasteiger partial charge in [-0.15, -0.1) is 0 Å². The molecule has 1 saturated heterocycles. The van der Waals surface area contributed by atoms with Crippen LogP contribution < -0.4 is 21.3 Å². The molecule has 0 saturated carbocycles. The summed E-state index contributed by atoms with van der Waals surface area (Å²) in [5.41, 5.74) is 2.49. The average Bonchev–Trinajstić information content (AvgIpc) is 3.18. The van der Waals surface area contributed by atoms with E-state index in [0.717, 1.165) is 29.8 Å². The van der Waals surface area contributed by atoms with Gasteiger partial charge < -0.3 is 40.6 Å². The van der Waals surface area contributed by atoms with Crippen LogP contribution in [0.25, 0.3) is 0 Å². The fourth-order valence-electron chi connectivity index (χ4n) is 6.30. The largest absolute Gasteiger partial charge is 0.448 e. The van der Waals surface area contributed by atoms with Crippen molar-refractivity contribution in [2.24, 2.45) is 11.8 Å². The molecule has 4 amide bonds. The van der Waals surface area contributed by atoms with E-state index in [4.69, 9.17) is 14.2 Å². The van der Waals surface area contributed by atoms with Crippen LogP contribution in [0.1, 0.15) is 44.4 Å². The first kappa shape index (κ1) is 42.8. The molecule has 5 atom stereocenters. The van der Waals surface area contributed by atoms with E-state index in [0.29, 0.717) is 19.8 Å². The number of aliphatic hydroxyl groups excluding tert-OH is 1. The van der Waals surface area contributed by atoms with Crippen LogP contribution in [-0.4, -0.2) is 104 Å². The van der Waals surface area contributed by atoms with Gasteiger partial charge in [0.25, 0.3) is 0 Å². The van der Waals surface area contributed by atoms with Gasteiger partial charge >= 0.3 is 12.2 Å². The topological polar surface area (TPSA) is 168 Å². The van der Waals surface area contributed by atoms with Gasteiger partial charge in [0, 0.05) is 19.6 Å². The first-order valence-electron chi connectivity index (χ1n) is 19.1. The van der Waals surface area contributed by atoms with Gasteiger partial charge in [0.15, 0.2) is 0 Å². The summed E-state index contributed by atoms with van der Waals surface area (Å²) in [5.74, 6) is -1.67. The number of ether oxygens (including phenoxy) is 3. The SMILES string of the molecule is CC(C)[C@H](NC(=O)OCCN1CCOCC1)C(=O)N[C@@H](Cc1ccccc1)[C@@H](O)[C@H](Cc1ccccc1)NC(=O)[C@@H](NC(=O)OCc1ccccc1)C(C)C. The molecular formula is C42H57N5O8. The number of aliphatic hydroxyl groups is 1. The number of rotatable bonds is 19. The number of nitrogens with zero attached hydrogens (tertiary/aromatic N) is 1. The highest BCUT2D eigenvalue weighted by Crippen LogP contribution is 2.16. The summed E-state index contributed by atoms with van der Waals surface area (Å²) in [6.45, 7) is 10.7. The molecule has 13 heteroatoms. The minimum atomic E-state index is -1.31. The molecule has 5 N–H and O–H groups in total. The highest BCUT2D eigenvalue weighted by molar-refractivity contribution is 5.87. The maximum Gasteiger partial charge on any atom is 0.408 e. The lowest BCUT2D eigenvalue weighted by atomic mass is 9.91. The van der Waals surface area contributed by atoms with Crippen LogP contribution in [-0.2, 0) is 43.2 Å². The molecule has 0 aromatic heterocycles. The molecule has 3 aromatic rings. The molecule has 13 nitrogen and oxygen atoms in total. The van der Waals surface area contributed by atoms with Crippen LogP contribution in [0.5, 0.6) is 0 Å². The molecule has 1 aliphatic rings. The summed E-state index contributed by atoms with van der Waals surface area (Å²) in [4.78, 5) is 55.8. The third-order valence-corrected chi connectivity index (χ3v) is 9.48. The molecule has 1 aliphatic heterocycles. The Kier molecular flexibility index (Phi) is 17.4. The Labute approximate surface area is 324 Å². The summed E-state index contributed by atoms with van der Waals surface area (Å²) in [6.07, 6.45) is -2.33. The van der Waals surface area contributed by atoms with Crippen molar-refractivity contribution in [3.8, 4) is 0 Å². The summed E-state index contributed by atoms with van der Waals surface area (Å²) < 4.78 is 16.2. The van der Waals surface area contributed by atoms with Crippen molar-refractivity contribution in [3.63, 3.8) is 0 Å². The lowest BCUT2D eigenvalue weighted by Gasteiger charge is -2.34. The zero-order chi connectivity index (χ0) is 39.6. The van der Waals surface area contributed by atoms with Crippen LogP contribution >= 0.6 is 0 Å². The normalized spacial score (nSPS) is 15.9. The van der Waals surface area contributed by atoms with Crippen molar-refractivity contribution in [2.75, 3.05) is 39.5 Å². The van der Waals surface area contributed by atoms with Gasteiger partial charge in [0.05, 0.1) is 31.4 Å². The predicted octanol–water partition coefficient (Wildman–Crippen LogP) is 3.84. The fourth-order valence-corrected chi connectivity index (χ4v) is 6.30. The minimum absolute atomic E-state index is 0.0354. The second-order valence-electron chi connectivity index (χ2n) is 14.5. The van der Waals surface area contributed by atoms with Gasteiger partial charge in [0.2, 0.25) is 11.8 Å². The fraction of sp³-hybridized carbons (Fsp3) is 0.476. The Balaban J connectivity index is 1.50. The Morgan fingerprint density at radius 3 is 1.49 bits per heavy atom. The zero-order valence-corrected chi connectivity index (χ0v) is 32.3. The minimum Gasteiger partial charge on any atom is -0.448 e. The summed E-state index contributed by atoms with van der Waals surface area (Å²) in [5, 5.41) is 23.6. The lowest BCUT2D eigenvalue weighted by Crippen LogP contribution is -2.61. The number of alkyl carbamates (subject to hydrolysis) is 2. The zero-order valence-electron chi connectivity index (χ0n) is 32.3. The second-order valence-corrected chi connectivity index (χ2v) is 14.5. The maximum atomic E-state index is 14.0. The van der Waals surface area contributed by atoms with E-state index < -0.39 is 54.3 Å². The number of amides is 4. The first-order valence-corrected chi connectivity index (χ1v) is 19.1.